The van der Waals surface area contributed by atoms with Crippen molar-refractivity contribution in [2.75, 3.05) is 5.32 Å². The maximum absolute atomic E-state index is 10.5. The van der Waals surface area contributed by atoms with Gasteiger partial charge in [-0.1, -0.05) is 15.9 Å². The maximum atomic E-state index is 10.5. The fraction of sp³-hybridized carbons (Fsp3) is 0.300. The summed E-state index contributed by atoms with van der Waals surface area (Å²) < 4.78 is 1.87. The molecule has 0 bridgehead atoms. The lowest BCUT2D eigenvalue weighted by Crippen LogP contribution is -2.19. The lowest BCUT2D eigenvalue weighted by atomic mass is 10.2. The standard InChI is InChI=1S/C10H11Br2NO2/c1-6(4-10(14)15)13-9-5-7(11)2-3-8(9)12/h2-3,5-6,13H,4H2,1H3,(H,14,15). The van der Waals surface area contributed by atoms with Crippen LogP contribution in [0.4, 0.5) is 5.69 Å². The molecule has 0 aromatic heterocycles. The second-order valence-electron chi connectivity index (χ2n) is 3.27. The number of carboxylic acids is 1. The molecule has 0 aliphatic carbocycles. The Morgan fingerprint density at radius 1 is 1.53 bits per heavy atom. The third-order valence-electron chi connectivity index (χ3n) is 1.81. The Labute approximate surface area is 105 Å². The first-order valence-electron chi connectivity index (χ1n) is 4.42. The van der Waals surface area contributed by atoms with Crippen LogP contribution in [0.1, 0.15) is 13.3 Å². The molecular weight excluding hydrogens is 326 g/mol. The van der Waals surface area contributed by atoms with Gasteiger partial charge in [-0.3, -0.25) is 4.79 Å². The number of hydrogen-bond acceptors (Lipinski definition) is 2. The third-order valence-corrected chi connectivity index (χ3v) is 3.00. The van der Waals surface area contributed by atoms with Gasteiger partial charge in [-0.05, 0) is 41.1 Å². The van der Waals surface area contributed by atoms with Gasteiger partial charge in [0.1, 0.15) is 0 Å². The average molecular weight is 337 g/mol. The highest BCUT2D eigenvalue weighted by Gasteiger charge is 2.09. The van der Waals surface area contributed by atoms with Crippen LogP contribution in [0.5, 0.6) is 0 Å². The lowest BCUT2D eigenvalue weighted by molar-refractivity contribution is -0.137. The molecule has 0 heterocycles. The lowest BCUT2D eigenvalue weighted by Gasteiger charge is -2.14. The second kappa shape index (κ2) is 5.51. The smallest absolute Gasteiger partial charge is 0.305 e. The van der Waals surface area contributed by atoms with E-state index in [0.717, 1.165) is 14.6 Å². The van der Waals surface area contributed by atoms with Crippen molar-refractivity contribution in [2.45, 2.75) is 19.4 Å². The molecule has 1 aromatic rings. The highest BCUT2D eigenvalue weighted by Crippen LogP contribution is 2.26. The van der Waals surface area contributed by atoms with E-state index in [1.165, 1.54) is 0 Å². The van der Waals surface area contributed by atoms with Crippen molar-refractivity contribution in [3.05, 3.63) is 27.1 Å². The topological polar surface area (TPSA) is 49.3 Å². The minimum Gasteiger partial charge on any atom is -0.481 e. The number of rotatable bonds is 4. The molecule has 0 saturated carbocycles. The highest BCUT2D eigenvalue weighted by atomic mass is 79.9. The Kier molecular flexibility index (Phi) is 4.60. The molecule has 15 heavy (non-hydrogen) atoms. The minimum absolute atomic E-state index is 0.0962. The van der Waals surface area contributed by atoms with Crippen LogP contribution in [0.25, 0.3) is 0 Å². The minimum atomic E-state index is -0.805. The zero-order valence-electron chi connectivity index (χ0n) is 8.13. The van der Waals surface area contributed by atoms with E-state index in [4.69, 9.17) is 5.11 Å². The van der Waals surface area contributed by atoms with Crippen LogP contribution in [0.15, 0.2) is 27.1 Å². The number of benzene rings is 1. The predicted octanol–water partition coefficient (Wildman–Crippen LogP) is 3.49. The van der Waals surface area contributed by atoms with Gasteiger partial charge in [0.05, 0.1) is 6.42 Å². The molecule has 0 radical (unpaired) electrons. The molecule has 1 rings (SSSR count). The number of nitrogens with one attached hydrogen (secondary N) is 1. The summed E-state index contributed by atoms with van der Waals surface area (Å²) in [5.41, 5.74) is 0.887. The maximum Gasteiger partial charge on any atom is 0.305 e. The van der Waals surface area contributed by atoms with Gasteiger partial charge in [0.25, 0.3) is 0 Å². The molecule has 2 N–H and O–H groups in total. The van der Waals surface area contributed by atoms with Crippen molar-refractivity contribution in [1.29, 1.82) is 0 Å². The Morgan fingerprint density at radius 2 is 2.20 bits per heavy atom. The van der Waals surface area contributed by atoms with Crippen LogP contribution >= 0.6 is 31.9 Å². The van der Waals surface area contributed by atoms with Crippen molar-refractivity contribution in [1.82, 2.24) is 0 Å². The largest absolute Gasteiger partial charge is 0.481 e. The predicted molar refractivity (Wildman–Crippen MR) is 67.2 cm³/mol. The Hall–Kier alpha value is -0.550. The number of carbonyl (C=O) groups is 1. The van der Waals surface area contributed by atoms with Crippen molar-refractivity contribution in [2.24, 2.45) is 0 Å². The number of anilines is 1. The summed E-state index contributed by atoms with van der Waals surface area (Å²) in [7, 11) is 0. The monoisotopic (exact) mass is 335 g/mol. The highest BCUT2D eigenvalue weighted by molar-refractivity contribution is 9.11. The molecule has 0 fully saturated rings. The van der Waals surface area contributed by atoms with Crippen LogP contribution in [-0.2, 0) is 4.79 Å². The van der Waals surface area contributed by atoms with E-state index >= 15 is 0 Å². The van der Waals surface area contributed by atoms with E-state index in [9.17, 15) is 4.79 Å². The molecule has 0 aliphatic rings. The molecule has 0 spiro atoms. The molecule has 82 valence electrons. The molecule has 1 unspecified atom stereocenters. The van der Waals surface area contributed by atoms with Crippen molar-refractivity contribution < 1.29 is 9.90 Å². The molecule has 5 heteroatoms. The molecule has 0 amide bonds. The summed E-state index contributed by atoms with van der Waals surface area (Å²) in [6.45, 7) is 1.83. The summed E-state index contributed by atoms with van der Waals surface area (Å²) in [6.07, 6.45) is 0.0962. The summed E-state index contributed by atoms with van der Waals surface area (Å²) >= 11 is 6.75. The number of aliphatic carboxylic acids is 1. The van der Waals surface area contributed by atoms with Gasteiger partial charge >= 0.3 is 5.97 Å². The fourth-order valence-electron chi connectivity index (χ4n) is 1.19. The summed E-state index contributed by atoms with van der Waals surface area (Å²) in [6, 6.07) is 5.62. The van der Waals surface area contributed by atoms with Crippen LogP contribution in [0.3, 0.4) is 0 Å². The van der Waals surface area contributed by atoms with Crippen molar-refractivity contribution >= 4 is 43.5 Å². The normalized spacial score (nSPS) is 12.2. The van der Waals surface area contributed by atoms with Crippen molar-refractivity contribution in [3.8, 4) is 0 Å². The van der Waals surface area contributed by atoms with E-state index in [1.54, 1.807) is 0 Å². The summed E-state index contributed by atoms with van der Waals surface area (Å²) in [5.74, 6) is -0.805. The molecular formula is C10H11Br2NO2. The van der Waals surface area contributed by atoms with Gasteiger partial charge in [-0.2, -0.15) is 0 Å². The van der Waals surface area contributed by atoms with E-state index in [0.29, 0.717) is 0 Å². The van der Waals surface area contributed by atoms with Gasteiger partial charge in [-0.25, -0.2) is 0 Å². The Morgan fingerprint density at radius 3 is 2.80 bits per heavy atom. The second-order valence-corrected chi connectivity index (χ2v) is 5.04. The number of hydrogen-bond donors (Lipinski definition) is 2. The van der Waals surface area contributed by atoms with Gasteiger partial charge in [-0.15, -0.1) is 0 Å². The third kappa shape index (κ3) is 4.22. The SMILES string of the molecule is CC(CC(=O)O)Nc1cc(Br)ccc1Br. The van der Waals surface area contributed by atoms with Crippen LogP contribution in [0.2, 0.25) is 0 Å². The van der Waals surface area contributed by atoms with E-state index < -0.39 is 5.97 Å². The van der Waals surface area contributed by atoms with Gasteiger partial charge in [0.2, 0.25) is 0 Å². The molecule has 1 aromatic carbocycles. The summed E-state index contributed by atoms with van der Waals surface area (Å²) in [5, 5.41) is 11.7. The fourth-order valence-corrected chi connectivity index (χ4v) is 1.91. The van der Waals surface area contributed by atoms with E-state index in [2.05, 4.69) is 37.2 Å². The van der Waals surface area contributed by atoms with Gasteiger partial charge in [0, 0.05) is 20.7 Å². The number of carboxylic acid groups (broad SMARTS) is 1. The first-order valence-corrected chi connectivity index (χ1v) is 6.01. The zero-order chi connectivity index (χ0) is 11.4. The van der Waals surface area contributed by atoms with Gasteiger partial charge in [0.15, 0.2) is 0 Å². The average Bonchev–Trinajstić information content (AvgIpc) is 2.10. The van der Waals surface area contributed by atoms with Crippen LogP contribution < -0.4 is 5.32 Å². The Bertz CT molecular complexity index is 368. The first kappa shape index (κ1) is 12.5. The summed E-state index contributed by atoms with van der Waals surface area (Å²) in [4.78, 5) is 10.5. The van der Waals surface area contributed by atoms with Gasteiger partial charge < -0.3 is 10.4 Å². The van der Waals surface area contributed by atoms with E-state index in [1.807, 2.05) is 25.1 Å². The van der Waals surface area contributed by atoms with E-state index in [-0.39, 0.29) is 12.5 Å². The Balaban J connectivity index is 2.71. The molecule has 3 nitrogen and oxygen atoms in total. The molecule has 0 saturated heterocycles. The zero-order valence-corrected chi connectivity index (χ0v) is 11.3. The first-order chi connectivity index (χ1) is 6.99. The number of halogens is 2. The quantitative estimate of drug-likeness (QED) is 0.884. The van der Waals surface area contributed by atoms with Crippen LogP contribution in [0, 0.1) is 0 Å². The van der Waals surface area contributed by atoms with Crippen molar-refractivity contribution in [3.63, 3.8) is 0 Å². The van der Waals surface area contributed by atoms with Crippen LogP contribution in [-0.4, -0.2) is 17.1 Å². The molecule has 0 aliphatic heterocycles. The molecule has 1 atom stereocenters.